The van der Waals surface area contributed by atoms with E-state index in [9.17, 15) is 5.11 Å². The average Bonchev–Trinajstić information content (AvgIpc) is 3.59. The van der Waals surface area contributed by atoms with Crippen LogP contribution in [0, 0.1) is 0 Å². The van der Waals surface area contributed by atoms with Crippen LogP contribution in [0.5, 0.6) is 28.7 Å². The number of nitrogens with zero attached hydrogens (tertiary/aromatic N) is 2. The standard InChI is InChI=1S/C42H48N2O6/c1-8-21-46-30-17-18-33(35(28-30)47-22-9-2)38-40-32(19-20-43(6)7)31-15-13-14-16-34(31)44(40)39(41(38)45)29-26-36(48-23-10-3)42(50-25-12-5)37(27-29)49-24-11-4/h8-18,26-28,38-39,41,45H,1-5,19-25H2,6-7H3/t38-,39+,41+/m1/s1. The molecule has 0 spiro atoms. The Kier molecular flexibility index (Phi) is 12.3. The highest BCUT2D eigenvalue weighted by atomic mass is 16.5. The Morgan fingerprint density at radius 1 is 0.720 bits per heavy atom. The number of ether oxygens (including phenoxy) is 5. The van der Waals surface area contributed by atoms with Crippen LogP contribution in [0.2, 0.25) is 0 Å². The SMILES string of the molecule is C=CCOc1ccc([C@@H]2c3c(CCN(C)C)c4ccccc4n3[C@@H](c3cc(OCC=C)c(OCC=C)c(OCC=C)c3)[C@H]2O)c(OCC=C)c1. The van der Waals surface area contributed by atoms with Crippen LogP contribution in [0.4, 0.5) is 0 Å². The van der Waals surface area contributed by atoms with Crippen LogP contribution in [-0.2, 0) is 6.42 Å². The van der Waals surface area contributed by atoms with Gasteiger partial charge in [-0.3, -0.25) is 0 Å². The molecular formula is C42H48N2O6. The zero-order valence-corrected chi connectivity index (χ0v) is 29.2. The number of benzene rings is 3. The van der Waals surface area contributed by atoms with Gasteiger partial charge in [-0.2, -0.15) is 0 Å². The first-order valence-corrected chi connectivity index (χ1v) is 16.8. The molecular weight excluding hydrogens is 628 g/mol. The molecule has 0 saturated carbocycles. The van der Waals surface area contributed by atoms with Crippen molar-refractivity contribution < 1.29 is 28.8 Å². The van der Waals surface area contributed by atoms with Gasteiger partial charge in [0, 0.05) is 34.8 Å². The van der Waals surface area contributed by atoms with Crippen molar-refractivity contribution in [3.05, 3.63) is 140 Å². The fourth-order valence-corrected chi connectivity index (χ4v) is 6.62. The van der Waals surface area contributed by atoms with Gasteiger partial charge in [-0.05, 0) is 55.9 Å². The second-order valence-electron chi connectivity index (χ2n) is 12.3. The van der Waals surface area contributed by atoms with Crippen molar-refractivity contribution >= 4 is 10.9 Å². The smallest absolute Gasteiger partial charge is 0.203 e. The highest BCUT2D eigenvalue weighted by molar-refractivity contribution is 5.87. The van der Waals surface area contributed by atoms with Gasteiger partial charge in [0.2, 0.25) is 5.75 Å². The highest BCUT2D eigenvalue weighted by Crippen LogP contribution is 2.53. The van der Waals surface area contributed by atoms with E-state index >= 15 is 0 Å². The molecule has 4 aromatic rings. The molecule has 8 nitrogen and oxygen atoms in total. The Morgan fingerprint density at radius 2 is 1.30 bits per heavy atom. The van der Waals surface area contributed by atoms with Gasteiger partial charge in [-0.1, -0.05) is 87.5 Å². The van der Waals surface area contributed by atoms with E-state index in [0.717, 1.165) is 40.7 Å². The van der Waals surface area contributed by atoms with E-state index in [1.54, 1.807) is 30.4 Å². The molecule has 1 N–H and O–H groups in total. The molecule has 0 fully saturated rings. The van der Waals surface area contributed by atoms with Crippen LogP contribution in [0.25, 0.3) is 10.9 Å². The monoisotopic (exact) mass is 676 g/mol. The highest BCUT2D eigenvalue weighted by Gasteiger charge is 2.46. The summed E-state index contributed by atoms with van der Waals surface area (Å²) in [6.07, 6.45) is 8.31. The summed E-state index contributed by atoms with van der Waals surface area (Å²) < 4.78 is 32.9. The van der Waals surface area contributed by atoms with Gasteiger partial charge in [0.05, 0.1) is 18.1 Å². The molecule has 1 aliphatic heterocycles. The van der Waals surface area contributed by atoms with Crippen molar-refractivity contribution in [2.24, 2.45) is 0 Å². The van der Waals surface area contributed by atoms with Gasteiger partial charge in [-0.25, -0.2) is 0 Å². The van der Waals surface area contributed by atoms with Gasteiger partial charge in [0.1, 0.15) is 44.5 Å². The molecule has 8 heteroatoms. The van der Waals surface area contributed by atoms with Gasteiger partial charge in [0.25, 0.3) is 0 Å². The maximum atomic E-state index is 12.7. The Balaban J connectivity index is 1.79. The number of likely N-dealkylation sites (N-methyl/N-ethyl adjacent to an activating group) is 1. The lowest BCUT2D eigenvalue weighted by Gasteiger charge is -2.26. The maximum Gasteiger partial charge on any atom is 0.203 e. The molecule has 3 aromatic carbocycles. The zero-order chi connectivity index (χ0) is 35.6. The van der Waals surface area contributed by atoms with E-state index < -0.39 is 18.1 Å². The predicted molar refractivity (Wildman–Crippen MR) is 202 cm³/mol. The number of fused-ring (bicyclic) bond motifs is 3. The van der Waals surface area contributed by atoms with Crippen molar-refractivity contribution in [2.75, 3.05) is 53.7 Å². The van der Waals surface area contributed by atoms with Crippen LogP contribution in [0.1, 0.15) is 34.3 Å². The minimum absolute atomic E-state index is 0.251. The summed E-state index contributed by atoms with van der Waals surface area (Å²) in [4.78, 5) is 2.18. The van der Waals surface area contributed by atoms with Gasteiger partial charge in [-0.15, -0.1) is 0 Å². The normalized spacial score (nSPS) is 16.4. The Labute approximate surface area is 295 Å². The third-order valence-electron chi connectivity index (χ3n) is 8.59. The molecule has 0 amide bonds. The fraction of sp³-hybridized carbons (Fsp3) is 0.286. The number of hydrogen-bond acceptors (Lipinski definition) is 7. The maximum absolute atomic E-state index is 12.7. The second kappa shape index (κ2) is 17.0. The van der Waals surface area contributed by atoms with Crippen molar-refractivity contribution in [2.45, 2.75) is 24.5 Å². The Morgan fingerprint density at radius 3 is 1.92 bits per heavy atom. The number of para-hydroxylation sites is 1. The summed E-state index contributed by atoms with van der Waals surface area (Å²) in [5.41, 5.74) is 4.88. The van der Waals surface area contributed by atoms with E-state index in [-0.39, 0.29) is 19.8 Å². The first-order chi connectivity index (χ1) is 24.4. The summed E-state index contributed by atoms with van der Waals surface area (Å²) in [5.74, 6) is 2.20. The Bertz CT molecular complexity index is 1810. The van der Waals surface area contributed by atoms with Crippen molar-refractivity contribution in [1.82, 2.24) is 9.47 Å². The Hall–Kier alpha value is -5.18. The lowest BCUT2D eigenvalue weighted by atomic mass is 9.85. The number of aliphatic hydroxyl groups is 1. The lowest BCUT2D eigenvalue weighted by Crippen LogP contribution is -2.23. The summed E-state index contributed by atoms with van der Waals surface area (Å²) in [7, 11) is 4.14. The van der Waals surface area contributed by atoms with Crippen molar-refractivity contribution in [3.63, 3.8) is 0 Å². The first-order valence-electron chi connectivity index (χ1n) is 16.8. The second-order valence-corrected chi connectivity index (χ2v) is 12.3. The minimum atomic E-state index is -0.904. The molecule has 5 rings (SSSR count). The molecule has 2 heterocycles. The van der Waals surface area contributed by atoms with Crippen LogP contribution in [0.15, 0.2) is 118 Å². The van der Waals surface area contributed by atoms with Gasteiger partial charge < -0.3 is 38.3 Å². The summed E-state index contributed by atoms with van der Waals surface area (Å²) in [6, 6.07) is 17.5. The summed E-state index contributed by atoms with van der Waals surface area (Å²) in [6.45, 7) is 21.4. The van der Waals surface area contributed by atoms with Crippen LogP contribution < -0.4 is 23.7 Å². The van der Waals surface area contributed by atoms with E-state index in [1.165, 1.54) is 5.56 Å². The molecule has 1 aromatic heterocycles. The fourth-order valence-electron chi connectivity index (χ4n) is 6.62. The number of aliphatic hydroxyl groups excluding tert-OH is 1. The third-order valence-corrected chi connectivity index (χ3v) is 8.59. The molecule has 50 heavy (non-hydrogen) atoms. The summed E-state index contributed by atoms with van der Waals surface area (Å²) >= 11 is 0. The third kappa shape index (κ3) is 7.52. The average molecular weight is 677 g/mol. The largest absolute Gasteiger partial charge is 0.489 e. The quantitative estimate of drug-likeness (QED) is 0.0964. The molecule has 1 aliphatic rings. The molecule has 0 saturated heterocycles. The number of hydrogen-bond donors (Lipinski definition) is 1. The predicted octanol–water partition coefficient (Wildman–Crippen LogP) is 7.67. The van der Waals surface area contributed by atoms with E-state index in [2.05, 4.69) is 74.7 Å². The van der Waals surface area contributed by atoms with E-state index in [0.29, 0.717) is 42.0 Å². The van der Waals surface area contributed by atoms with Crippen LogP contribution in [0.3, 0.4) is 0 Å². The van der Waals surface area contributed by atoms with Crippen LogP contribution >= 0.6 is 0 Å². The molecule has 0 radical (unpaired) electrons. The molecule has 0 unspecified atom stereocenters. The first kappa shape index (κ1) is 36.1. The molecule has 0 bridgehead atoms. The van der Waals surface area contributed by atoms with Crippen molar-refractivity contribution in [1.29, 1.82) is 0 Å². The summed E-state index contributed by atoms with van der Waals surface area (Å²) in [5, 5.41) is 13.9. The topological polar surface area (TPSA) is 74.6 Å². The zero-order valence-electron chi connectivity index (χ0n) is 29.2. The van der Waals surface area contributed by atoms with E-state index in [1.807, 2.05) is 36.4 Å². The number of rotatable bonds is 20. The minimum Gasteiger partial charge on any atom is -0.489 e. The van der Waals surface area contributed by atoms with Gasteiger partial charge in [0.15, 0.2) is 11.5 Å². The van der Waals surface area contributed by atoms with E-state index in [4.69, 9.17) is 23.7 Å². The molecule has 262 valence electrons. The number of aromatic nitrogens is 1. The molecule has 3 atom stereocenters. The van der Waals surface area contributed by atoms with Crippen molar-refractivity contribution in [3.8, 4) is 28.7 Å². The van der Waals surface area contributed by atoms with Gasteiger partial charge >= 0.3 is 0 Å². The lowest BCUT2D eigenvalue weighted by molar-refractivity contribution is 0.138. The molecule has 0 aliphatic carbocycles. The van der Waals surface area contributed by atoms with Crippen LogP contribution in [-0.4, -0.2) is 74.4 Å².